The molecule has 4 heterocycles. The molecular weight excluding hydrogens is 414 g/mol. The number of aromatic nitrogens is 4. The summed E-state index contributed by atoms with van der Waals surface area (Å²) in [6.07, 6.45) is 0.149. The summed E-state index contributed by atoms with van der Waals surface area (Å²) < 4.78 is 12.6. The first-order chi connectivity index (χ1) is 15.4. The highest BCUT2D eigenvalue weighted by Crippen LogP contribution is 2.32. The van der Waals surface area contributed by atoms with Crippen LogP contribution in [0.15, 0.2) is 6.33 Å². The molecule has 0 spiro atoms. The summed E-state index contributed by atoms with van der Waals surface area (Å²) in [5, 5.41) is 27.6. The average molecular weight is 450 g/mol. The molecule has 178 valence electrons. The van der Waals surface area contributed by atoms with Crippen LogP contribution >= 0.6 is 0 Å². The molecule has 0 aliphatic carbocycles. The molecule has 2 aromatic rings. The first kappa shape index (κ1) is 23.3. The number of rotatable bonds is 8. The van der Waals surface area contributed by atoms with Crippen molar-refractivity contribution in [2.75, 3.05) is 39.2 Å². The van der Waals surface area contributed by atoms with E-state index in [9.17, 15) is 10.2 Å². The zero-order valence-corrected chi connectivity index (χ0v) is 19.2. The van der Waals surface area contributed by atoms with Crippen LogP contribution in [0.4, 0.5) is 5.82 Å². The summed E-state index contributed by atoms with van der Waals surface area (Å²) in [4.78, 5) is 16.3. The number of aliphatic hydroxyl groups is 2. The third-order valence-corrected chi connectivity index (χ3v) is 6.46. The van der Waals surface area contributed by atoms with E-state index in [2.05, 4.69) is 39.3 Å². The summed E-state index contributed by atoms with van der Waals surface area (Å²) in [7, 11) is 3.32. The maximum Gasteiger partial charge on any atom is 0.168 e. The lowest BCUT2D eigenvalue weighted by atomic mass is 10.0. The van der Waals surface area contributed by atoms with Gasteiger partial charge in [0.25, 0.3) is 0 Å². The van der Waals surface area contributed by atoms with Crippen molar-refractivity contribution in [3.63, 3.8) is 0 Å². The van der Waals surface area contributed by atoms with Gasteiger partial charge in [-0.05, 0) is 39.8 Å². The van der Waals surface area contributed by atoms with Crippen molar-refractivity contribution in [3.8, 4) is 0 Å². The Kier molecular flexibility index (Phi) is 7.23. The van der Waals surface area contributed by atoms with Gasteiger partial charge in [0.1, 0.15) is 24.1 Å². The number of methoxy groups -OCH3 is 1. The van der Waals surface area contributed by atoms with Crippen molar-refractivity contribution in [2.24, 2.45) is 0 Å². The number of anilines is 1. The Bertz CT molecular complexity index is 900. The second kappa shape index (κ2) is 9.94. The van der Waals surface area contributed by atoms with Gasteiger partial charge in [0.2, 0.25) is 0 Å². The standard InChI is InChI=1S/C21H35N7O4/c1-12(2)27-7-5-13(6-8-27)23-9-15-25-19(22-3)16-20(26-15)28(11-24-16)21-18(30)17(29)14(32-21)10-31-4/h11-14,17-18,21,23,29-30H,5-10H2,1-4H3,(H,22,25,26)/t14-,17-,18-,21-/m1/s1. The molecule has 4 N–H and O–H groups in total. The molecule has 0 unspecified atom stereocenters. The van der Waals surface area contributed by atoms with Crippen LogP contribution in [0.5, 0.6) is 0 Å². The van der Waals surface area contributed by atoms with Crippen molar-refractivity contribution in [1.82, 2.24) is 29.7 Å². The lowest BCUT2D eigenvalue weighted by Crippen LogP contribution is -2.44. The highest BCUT2D eigenvalue weighted by atomic mass is 16.6. The lowest BCUT2D eigenvalue weighted by Gasteiger charge is -2.34. The molecule has 0 bridgehead atoms. The van der Waals surface area contributed by atoms with Gasteiger partial charge in [-0.3, -0.25) is 4.57 Å². The third-order valence-electron chi connectivity index (χ3n) is 6.46. The van der Waals surface area contributed by atoms with Crippen molar-refractivity contribution < 1.29 is 19.7 Å². The molecule has 11 heteroatoms. The minimum atomic E-state index is -1.12. The Labute approximate surface area is 188 Å². The molecule has 0 radical (unpaired) electrons. The van der Waals surface area contributed by atoms with Gasteiger partial charge < -0.3 is 35.2 Å². The summed E-state index contributed by atoms with van der Waals surface area (Å²) in [6.45, 7) is 7.37. The zero-order chi connectivity index (χ0) is 22.8. The van der Waals surface area contributed by atoms with Crippen LogP contribution in [0.25, 0.3) is 11.2 Å². The SMILES string of the molecule is CNc1nc(CNC2CCN(C(C)C)CC2)nc2c1ncn2[C@@H]1O[C@H](COC)[C@@H](O)[C@H]1O. The normalized spacial score (nSPS) is 27.6. The molecule has 2 fully saturated rings. The average Bonchev–Trinajstić information content (AvgIpc) is 3.34. The van der Waals surface area contributed by atoms with E-state index >= 15 is 0 Å². The first-order valence-corrected chi connectivity index (χ1v) is 11.3. The van der Waals surface area contributed by atoms with Crippen molar-refractivity contribution >= 4 is 17.0 Å². The number of ether oxygens (including phenoxy) is 2. The Morgan fingerprint density at radius 1 is 1.22 bits per heavy atom. The van der Waals surface area contributed by atoms with Crippen LogP contribution in [0.1, 0.15) is 38.7 Å². The lowest BCUT2D eigenvalue weighted by molar-refractivity contribution is -0.0580. The van der Waals surface area contributed by atoms with Gasteiger partial charge in [-0.1, -0.05) is 0 Å². The molecule has 2 aliphatic heterocycles. The number of imidazole rings is 1. The maximum absolute atomic E-state index is 10.6. The van der Waals surface area contributed by atoms with E-state index in [1.807, 2.05) is 0 Å². The van der Waals surface area contributed by atoms with Gasteiger partial charge in [0.15, 0.2) is 23.2 Å². The Morgan fingerprint density at radius 2 is 1.97 bits per heavy atom. The fourth-order valence-corrected chi connectivity index (χ4v) is 4.52. The van der Waals surface area contributed by atoms with E-state index in [1.54, 1.807) is 17.9 Å². The van der Waals surface area contributed by atoms with E-state index in [-0.39, 0.29) is 6.61 Å². The molecular formula is C21H35N7O4. The minimum Gasteiger partial charge on any atom is -0.387 e. The fraction of sp³-hybridized carbons (Fsp3) is 0.762. The predicted molar refractivity (Wildman–Crippen MR) is 119 cm³/mol. The molecule has 4 atom stereocenters. The van der Waals surface area contributed by atoms with Crippen LogP contribution in [-0.2, 0) is 16.0 Å². The number of hydrogen-bond acceptors (Lipinski definition) is 10. The summed E-state index contributed by atoms with van der Waals surface area (Å²) in [6, 6.07) is 1.01. The van der Waals surface area contributed by atoms with Gasteiger partial charge in [0.05, 0.1) is 19.5 Å². The predicted octanol–water partition coefficient (Wildman–Crippen LogP) is 0.0960. The minimum absolute atomic E-state index is 0.183. The molecule has 2 aliphatic rings. The van der Waals surface area contributed by atoms with Crippen LogP contribution in [0.2, 0.25) is 0 Å². The van der Waals surface area contributed by atoms with Crippen molar-refractivity contribution in [2.45, 2.75) is 69.9 Å². The summed E-state index contributed by atoms with van der Waals surface area (Å²) in [5.41, 5.74) is 1.13. The van der Waals surface area contributed by atoms with Crippen LogP contribution in [-0.4, -0.2) is 98.9 Å². The number of likely N-dealkylation sites (tertiary alicyclic amines) is 1. The first-order valence-electron chi connectivity index (χ1n) is 11.3. The molecule has 0 amide bonds. The summed E-state index contributed by atoms with van der Waals surface area (Å²) in [5.74, 6) is 1.25. The Hall–Kier alpha value is -1.89. The molecule has 0 aromatic carbocycles. The molecule has 4 rings (SSSR count). The highest BCUT2D eigenvalue weighted by molar-refractivity contribution is 5.83. The van der Waals surface area contributed by atoms with E-state index in [1.165, 1.54) is 7.11 Å². The van der Waals surface area contributed by atoms with Gasteiger partial charge in [-0.25, -0.2) is 15.0 Å². The monoisotopic (exact) mass is 449 g/mol. The number of fused-ring (bicyclic) bond motifs is 1. The highest BCUT2D eigenvalue weighted by Gasteiger charge is 2.44. The van der Waals surface area contributed by atoms with E-state index in [0.717, 1.165) is 25.9 Å². The smallest absolute Gasteiger partial charge is 0.168 e. The van der Waals surface area contributed by atoms with Crippen LogP contribution < -0.4 is 10.6 Å². The van der Waals surface area contributed by atoms with Crippen molar-refractivity contribution in [1.29, 1.82) is 0 Å². The Balaban J connectivity index is 1.52. The van der Waals surface area contributed by atoms with Crippen LogP contribution in [0.3, 0.4) is 0 Å². The number of nitrogens with one attached hydrogen (secondary N) is 2. The zero-order valence-electron chi connectivity index (χ0n) is 19.2. The topological polar surface area (TPSA) is 130 Å². The van der Waals surface area contributed by atoms with Gasteiger partial charge in [0, 0.05) is 26.2 Å². The maximum atomic E-state index is 10.6. The quantitative estimate of drug-likeness (QED) is 0.440. The summed E-state index contributed by atoms with van der Waals surface area (Å²) >= 11 is 0. The molecule has 0 saturated carbocycles. The van der Waals surface area contributed by atoms with Crippen LogP contribution in [0, 0.1) is 0 Å². The molecule has 32 heavy (non-hydrogen) atoms. The van der Waals surface area contributed by atoms with Gasteiger partial charge in [-0.15, -0.1) is 0 Å². The van der Waals surface area contributed by atoms with Gasteiger partial charge >= 0.3 is 0 Å². The third kappa shape index (κ3) is 4.59. The fourth-order valence-electron chi connectivity index (χ4n) is 4.52. The largest absolute Gasteiger partial charge is 0.387 e. The second-order valence-corrected chi connectivity index (χ2v) is 8.85. The van der Waals surface area contributed by atoms with E-state index in [4.69, 9.17) is 14.5 Å². The molecule has 2 aromatic heterocycles. The van der Waals surface area contributed by atoms with E-state index < -0.39 is 24.5 Å². The molecule has 11 nitrogen and oxygen atoms in total. The number of nitrogens with zero attached hydrogens (tertiary/aromatic N) is 5. The van der Waals surface area contributed by atoms with Gasteiger partial charge in [-0.2, -0.15) is 0 Å². The number of aliphatic hydroxyl groups excluding tert-OH is 2. The van der Waals surface area contributed by atoms with Crippen molar-refractivity contribution in [3.05, 3.63) is 12.2 Å². The van der Waals surface area contributed by atoms with E-state index in [0.29, 0.717) is 41.4 Å². The second-order valence-electron chi connectivity index (χ2n) is 8.85. The number of hydrogen-bond donors (Lipinski definition) is 4. The Morgan fingerprint density at radius 3 is 2.62 bits per heavy atom. The molecule has 2 saturated heterocycles. The number of piperidine rings is 1.